The normalized spacial score (nSPS) is 17.2. The molecule has 1 heterocycles. The van der Waals surface area contributed by atoms with Crippen LogP contribution in [-0.2, 0) is 17.0 Å². The van der Waals surface area contributed by atoms with Gasteiger partial charge in [-0.1, -0.05) is 0 Å². The fraction of sp³-hybridized carbons (Fsp3) is 0.417. The van der Waals surface area contributed by atoms with Gasteiger partial charge in [0.05, 0.1) is 11.1 Å². The van der Waals surface area contributed by atoms with Gasteiger partial charge in [-0.3, -0.25) is 9.00 Å². The minimum Gasteiger partial charge on any atom is -0.398 e. The zero-order valence-corrected chi connectivity index (χ0v) is 11.3. The number of anilines is 1. The van der Waals surface area contributed by atoms with Gasteiger partial charge in [-0.05, 0) is 18.2 Å². The van der Waals surface area contributed by atoms with Crippen molar-refractivity contribution in [3.05, 3.63) is 29.3 Å². The van der Waals surface area contributed by atoms with E-state index < -0.39 is 28.4 Å². The molecular weight excluding hydrogens is 293 g/mol. The predicted octanol–water partition coefficient (Wildman–Crippen LogP) is 1.49. The monoisotopic (exact) mass is 306 g/mol. The Kier molecular flexibility index (Phi) is 4.03. The van der Waals surface area contributed by atoms with Crippen molar-refractivity contribution in [3.63, 3.8) is 0 Å². The molecule has 0 radical (unpaired) electrons. The average Bonchev–Trinajstić information content (AvgIpc) is 2.38. The van der Waals surface area contributed by atoms with Gasteiger partial charge >= 0.3 is 6.18 Å². The summed E-state index contributed by atoms with van der Waals surface area (Å²) in [5.41, 5.74) is 4.54. The van der Waals surface area contributed by atoms with Crippen LogP contribution < -0.4 is 5.73 Å². The van der Waals surface area contributed by atoms with E-state index in [-0.39, 0.29) is 24.3 Å². The van der Waals surface area contributed by atoms with Gasteiger partial charge in [0.25, 0.3) is 5.91 Å². The molecule has 1 saturated heterocycles. The van der Waals surface area contributed by atoms with Gasteiger partial charge in [-0.25, -0.2) is 0 Å². The third kappa shape index (κ3) is 3.12. The highest BCUT2D eigenvalue weighted by Gasteiger charge is 2.32. The van der Waals surface area contributed by atoms with E-state index in [4.69, 9.17) is 5.73 Å². The quantitative estimate of drug-likeness (QED) is 0.800. The molecule has 8 heteroatoms. The molecule has 0 unspecified atom stereocenters. The van der Waals surface area contributed by atoms with Crippen LogP contribution in [0.15, 0.2) is 18.2 Å². The Morgan fingerprint density at radius 2 is 1.85 bits per heavy atom. The van der Waals surface area contributed by atoms with E-state index in [9.17, 15) is 22.2 Å². The Morgan fingerprint density at radius 3 is 2.40 bits per heavy atom. The minimum atomic E-state index is -4.52. The molecule has 0 aliphatic carbocycles. The van der Waals surface area contributed by atoms with Crippen molar-refractivity contribution < 1.29 is 22.2 Å². The second-order valence-corrected chi connectivity index (χ2v) is 6.14. The number of nitrogens with two attached hydrogens (primary N) is 1. The number of benzene rings is 1. The van der Waals surface area contributed by atoms with Crippen LogP contribution in [0.25, 0.3) is 0 Å². The standard InChI is InChI=1S/C12H13F3N2O2S/c13-12(14,15)8-1-2-10(16)9(7-8)11(18)17-3-5-20(19)6-4-17/h1-2,7H,3-6,16H2. The fourth-order valence-electron chi connectivity index (χ4n) is 1.93. The Morgan fingerprint density at radius 1 is 1.25 bits per heavy atom. The summed E-state index contributed by atoms with van der Waals surface area (Å²) < 4.78 is 49.2. The molecule has 0 bridgehead atoms. The molecular formula is C12H13F3N2O2S. The van der Waals surface area contributed by atoms with E-state index in [0.717, 1.165) is 18.2 Å². The molecule has 110 valence electrons. The molecule has 0 aromatic heterocycles. The maximum Gasteiger partial charge on any atom is 0.416 e. The number of nitrogens with zero attached hydrogens (tertiary/aromatic N) is 1. The molecule has 1 aromatic rings. The third-order valence-electron chi connectivity index (χ3n) is 3.08. The first-order chi connectivity index (χ1) is 9.29. The van der Waals surface area contributed by atoms with E-state index in [1.54, 1.807) is 0 Å². The number of alkyl halides is 3. The molecule has 0 spiro atoms. The summed E-state index contributed by atoms with van der Waals surface area (Å²) >= 11 is 0. The molecule has 1 aromatic carbocycles. The lowest BCUT2D eigenvalue weighted by Gasteiger charge is -2.27. The van der Waals surface area contributed by atoms with Gasteiger partial charge in [-0.2, -0.15) is 13.2 Å². The number of carbonyl (C=O) groups is 1. The van der Waals surface area contributed by atoms with Gasteiger partial charge in [-0.15, -0.1) is 0 Å². The number of amides is 1. The van der Waals surface area contributed by atoms with Crippen molar-refractivity contribution >= 4 is 22.4 Å². The SMILES string of the molecule is Nc1ccc(C(F)(F)F)cc1C(=O)N1CCS(=O)CC1. The van der Waals surface area contributed by atoms with Crippen molar-refractivity contribution in [1.29, 1.82) is 0 Å². The minimum absolute atomic E-state index is 0.00898. The molecule has 2 N–H and O–H groups in total. The van der Waals surface area contributed by atoms with Crippen molar-refractivity contribution in [1.82, 2.24) is 4.90 Å². The van der Waals surface area contributed by atoms with Crippen LogP contribution in [0, 0.1) is 0 Å². The zero-order valence-electron chi connectivity index (χ0n) is 10.4. The van der Waals surface area contributed by atoms with E-state index in [2.05, 4.69) is 0 Å². The first-order valence-corrected chi connectivity index (χ1v) is 7.39. The number of rotatable bonds is 1. The lowest BCUT2D eigenvalue weighted by Crippen LogP contribution is -2.42. The van der Waals surface area contributed by atoms with Crippen LogP contribution in [0.3, 0.4) is 0 Å². The summed E-state index contributed by atoms with van der Waals surface area (Å²) in [6.45, 7) is 0.530. The van der Waals surface area contributed by atoms with Gasteiger partial charge in [0.1, 0.15) is 0 Å². The number of carbonyl (C=O) groups excluding carboxylic acids is 1. The molecule has 0 saturated carbocycles. The summed E-state index contributed by atoms with van der Waals surface area (Å²) in [5.74, 6) is 0.125. The van der Waals surface area contributed by atoms with Crippen LogP contribution in [0.2, 0.25) is 0 Å². The summed E-state index contributed by atoms with van der Waals surface area (Å²) in [5, 5.41) is 0. The third-order valence-corrected chi connectivity index (χ3v) is 4.35. The molecule has 20 heavy (non-hydrogen) atoms. The molecule has 4 nitrogen and oxygen atoms in total. The van der Waals surface area contributed by atoms with Crippen LogP contribution in [0.4, 0.5) is 18.9 Å². The number of halogens is 3. The molecule has 1 amide bonds. The number of hydrogen-bond acceptors (Lipinski definition) is 3. The van der Waals surface area contributed by atoms with Crippen LogP contribution in [0.5, 0.6) is 0 Å². The van der Waals surface area contributed by atoms with E-state index in [1.165, 1.54) is 4.90 Å². The van der Waals surface area contributed by atoms with Gasteiger partial charge < -0.3 is 10.6 Å². The smallest absolute Gasteiger partial charge is 0.398 e. The van der Waals surface area contributed by atoms with Crippen LogP contribution >= 0.6 is 0 Å². The Balaban J connectivity index is 2.27. The predicted molar refractivity (Wildman–Crippen MR) is 69.6 cm³/mol. The van der Waals surface area contributed by atoms with Crippen molar-refractivity contribution in [2.75, 3.05) is 30.3 Å². The molecule has 1 aliphatic heterocycles. The van der Waals surface area contributed by atoms with E-state index in [1.807, 2.05) is 0 Å². The van der Waals surface area contributed by atoms with Crippen molar-refractivity contribution in [2.45, 2.75) is 6.18 Å². The Labute approximate surface area is 116 Å². The highest BCUT2D eigenvalue weighted by Crippen LogP contribution is 2.31. The first-order valence-electron chi connectivity index (χ1n) is 5.90. The molecule has 0 atom stereocenters. The molecule has 2 rings (SSSR count). The Hall–Kier alpha value is -1.57. The highest BCUT2D eigenvalue weighted by atomic mass is 32.2. The largest absolute Gasteiger partial charge is 0.416 e. The molecule has 1 fully saturated rings. The first kappa shape index (κ1) is 14.8. The number of hydrogen-bond donors (Lipinski definition) is 1. The fourth-order valence-corrected chi connectivity index (χ4v) is 2.98. The zero-order chi connectivity index (χ0) is 14.9. The summed E-state index contributed by atoms with van der Waals surface area (Å²) in [6, 6.07) is 2.69. The van der Waals surface area contributed by atoms with Gasteiger partial charge in [0.15, 0.2) is 0 Å². The summed E-state index contributed by atoms with van der Waals surface area (Å²) in [6.07, 6.45) is -4.52. The van der Waals surface area contributed by atoms with Gasteiger partial charge in [0.2, 0.25) is 0 Å². The lowest BCUT2D eigenvalue weighted by atomic mass is 10.1. The van der Waals surface area contributed by atoms with Crippen molar-refractivity contribution in [2.24, 2.45) is 0 Å². The summed E-state index contributed by atoms with van der Waals surface area (Å²) in [4.78, 5) is 13.6. The maximum atomic E-state index is 12.7. The van der Waals surface area contributed by atoms with E-state index >= 15 is 0 Å². The second kappa shape index (κ2) is 5.43. The molecule has 1 aliphatic rings. The van der Waals surface area contributed by atoms with Crippen LogP contribution in [-0.4, -0.2) is 39.6 Å². The van der Waals surface area contributed by atoms with Crippen LogP contribution in [0.1, 0.15) is 15.9 Å². The lowest BCUT2D eigenvalue weighted by molar-refractivity contribution is -0.137. The maximum absolute atomic E-state index is 12.7. The van der Waals surface area contributed by atoms with Gasteiger partial charge in [0, 0.05) is 41.1 Å². The number of nitrogen functional groups attached to an aromatic ring is 1. The Bertz CT molecular complexity index is 550. The van der Waals surface area contributed by atoms with E-state index in [0.29, 0.717) is 11.5 Å². The summed E-state index contributed by atoms with van der Waals surface area (Å²) in [7, 11) is -0.963. The second-order valence-electron chi connectivity index (χ2n) is 4.44. The van der Waals surface area contributed by atoms with Crippen molar-refractivity contribution in [3.8, 4) is 0 Å². The highest BCUT2D eigenvalue weighted by molar-refractivity contribution is 7.85. The topological polar surface area (TPSA) is 63.4 Å². The average molecular weight is 306 g/mol.